The van der Waals surface area contributed by atoms with E-state index in [4.69, 9.17) is 21.5 Å². The number of carbonyl (C=O) groups is 1. The van der Waals surface area contributed by atoms with Crippen LogP contribution in [0.5, 0.6) is 0 Å². The maximum Gasteiger partial charge on any atom is 0.335 e. The molecule has 0 aliphatic heterocycles. The summed E-state index contributed by atoms with van der Waals surface area (Å²) in [5.74, 6) is -4.79. The van der Waals surface area contributed by atoms with E-state index in [1.54, 1.807) is 0 Å². The summed E-state index contributed by atoms with van der Waals surface area (Å²) in [6.07, 6.45) is 0. The third-order valence-corrected chi connectivity index (χ3v) is 3.38. The topological polar surface area (TPSA) is 78.2 Å². The van der Waals surface area contributed by atoms with E-state index in [0.717, 1.165) is 18.2 Å². The predicted octanol–water partition coefficient (Wildman–Crippen LogP) is 2.67. The van der Waals surface area contributed by atoms with Gasteiger partial charge < -0.3 is 5.11 Å². The second-order valence-corrected chi connectivity index (χ2v) is 5.31. The van der Waals surface area contributed by atoms with E-state index in [2.05, 4.69) is 0 Å². The lowest BCUT2D eigenvalue weighted by Crippen LogP contribution is -2.10. The maximum absolute atomic E-state index is 12.3. The second kappa shape index (κ2) is 4.34. The molecule has 1 aromatic carbocycles. The molecule has 8 heteroatoms. The fourth-order valence-corrected chi connectivity index (χ4v) is 2.07. The second-order valence-electron chi connectivity index (χ2n) is 2.84. The van der Waals surface area contributed by atoms with Crippen molar-refractivity contribution in [1.82, 2.24) is 0 Å². The highest BCUT2D eigenvalue weighted by Crippen LogP contribution is 2.24. The Balaban J connectivity index is 3.42. The number of carboxylic acid groups (broad SMARTS) is 1. The first-order valence-electron chi connectivity index (χ1n) is 3.85. The molecule has 16 heavy (non-hydrogen) atoms. The highest BCUT2D eigenvalue weighted by molar-refractivity contribution is 7.92. The number of aromatic carboxylic acids is 1. The van der Waals surface area contributed by atoms with Crippen molar-refractivity contribution in [3.8, 4) is 0 Å². The minimum Gasteiger partial charge on any atom is -0.478 e. The molecule has 1 aromatic rings. The zero-order valence-electron chi connectivity index (χ0n) is 7.62. The molecule has 0 aliphatic carbocycles. The summed E-state index contributed by atoms with van der Waals surface area (Å²) < 4.78 is 42.9. The first-order valence-corrected chi connectivity index (χ1v) is 5.85. The molecule has 2 N–H and O–H groups in total. The van der Waals surface area contributed by atoms with Crippen LogP contribution in [0.15, 0.2) is 23.1 Å². The zero-order chi connectivity index (χ0) is 12.5. The Kier molecular flexibility index (Phi) is 3.49. The number of halogens is 3. The van der Waals surface area contributed by atoms with Crippen LogP contribution in [-0.4, -0.2) is 21.0 Å². The van der Waals surface area contributed by atoms with Crippen molar-refractivity contribution in [2.75, 3.05) is 0 Å². The molecule has 0 spiro atoms. The van der Waals surface area contributed by atoms with Gasteiger partial charge in [-0.1, -0.05) is 11.6 Å². The molecule has 1 rings (SSSR count). The van der Waals surface area contributed by atoms with Gasteiger partial charge in [-0.2, -0.15) is 8.78 Å². The van der Waals surface area contributed by atoms with Crippen LogP contribution in [0.3, 0.4) is 0 Å². The van der Waals surface area contributed by atoms with E-state index in [1.165, 1.54) is 0 Å². The Bertz CT molecular complexity index is 530. The van der Waals surface area contributed by atoms with Gasteiger partial charge in [0.2, 0.25) is 0 Å². The minimum atomic E-state index is -4.34. The fraction of sp³-hybridized carbons (Fsp3) is 0.125. The van der Waals surface area contributed by atoms with Crippen molar-refractivity contribution in [3.63, 3.8) is 0 Å². The fourth-order valence-electron chi connectivity index (χ4n) is 0.964. The van der Waals surface area contributed by atoms with Gasteiger partial charge in [0.25, 0.3) is 0 Å². The molecule has 0 saturated heterocycles. The smallest absolute Gasteiger partial charge is 0.335 e. The molecule has 1 unspecified atom stereocenters. The van der Waals surface area contributed by atoms with Gasteiger partial charge in [0.15, 0.2) is 0 Å². The van der Waals surface area contributed by atoms with E-state index in [9.17, 15) is 17.8 Å². The number of carboxylic acids is 1. The number of hydrogen-bond acceptors (Lipinski definition) is 3. The minimum absolute atomic E-state index is 0.157. The highest BCUT2D eigenvalue weighted by Gasteiger charge is 2.23. The average Bonchev–Trinajstić information content (AvgIpc) is 2.16. The molecular weight excluding hydrogens is 264 g/mol. The third kappa shape index (κ3) is 2.48. The third-order valence-electron chi connectivity index (χ3n) is 1.72. The number of benzene rings is 1. The van der Waals surface area contributed by atoms with Crippen LogP contribution in [0.4, 0.5) is 8.78 Å². The standard InChI is InChI=1S/C8H6ClF2NO3S/c9-5-1-4(7(13)14)2-6(3-5)16(12,15)8(10)11/h1-3,8,12H,(H,13,14). The number of rotatable bonds is 3. The lowest BCUT2D eigenvalue weighted by Gasteiger charge is -2.07. The van der Waals surface area contributed by atoms with Crippen molar-refractivity contribution in [2.24, 2.45) is 0 Å². The molecule has 0 saturated carbocycles. The summed E-state index contributed by atoms with van der Waals surface area (Å²) in [7, 11) is -4.34. The summed E-state index contributed by atoms with van der Waals surface area (Å²) in [6, 6.07) is 2.68. The summed E-state index contributed by atoms with van der Waals surface area (Å²) >= 11 is 5.49. The van der Waals surface area contributed by atoms with Crippen LogP contribution >= 0.6 is 11.6 Å². The lowest BCUT2D eigenvalue weighted by atomic mass is 10.2. The maximum atomic E-state index is 12.3. The molecule has 0 radical (unpaired) electrons. The van der Waals surface area contributed by atoms with Crippen molar-refractivity contribution < 1.29 is 22.9 Å². The predicted molar refractivity (Wildman–Crippen MR) is 53.5 cm³/mol. The molecule has 0 aliphatic rings. The van der Waals surface area contributed by atoms with Crippen LogP contribution in [0.25, 0.3) is 0 Å². The summed E-state index contributed by atoms with van der Waals surface area (Å²) in [5.41, 5.74) is -0.386. The van der Waals surface area contributed by atoms with Gasteiger partial charge in [-0.05, 0) is 18.2 Å². The number of hydrogen-bond donors (Lipinski definition) is 2. The van der Waals surface area contributed by atoms with E-state index in [0.29, 0.717) is 0 Å². The largest absolute Gasteiger partial charge is 0.478 e. The summed E-state index contributed by atoms with van der Waals surface area (Å²) in [6.45, 7) is 0. The van der Waals surface area contributed by atoms with E-state index >= 15 is 0 Å². The number of nitrogens with one attached hydrogen (secondary N) is 1. The van der Waals surface area contributed by atoms with Crippen LogP contribution in [0, 0.1) is 4.78 Å². The molecule has 0 amide bonds. The highest BCUT2D eigenvalue weighted by atomic mass is 35.5. The molecule has 1 atom stereocenters. The van der Waals surface area contributed by atoms with Gasteiger partial charge in [-0.3, -0.25) is 0 Å². The molecule has 88 valence electrons. The molecule has 0 aromatic heterocycles. The van der Waals surface area contributed by atoms with Crippen LogP contribution in [0.1, 0.15) is 10.4 Å². The van der Waals surface area contributed by atoms with Crippen LogP contribution < -0.4 is 0 Å². The van der Waals surface area contributed by atoms with Crippen LogP contribution in [0.2, 0.25) is 5.02 Å². The van der Waals surface area contributed by atoms with E-state index in [-0.39, 0.29) is 10.6 Å². The number of alkyl halides is 2. The summed E-state index contributed by atoms with van der Waals surface area (Å²) in [5, 5.41) is 8.48. The van der Waals surface area contributed by atoms with Gasteiger partial charge in [0.1, 0.15) is 9.73 Å². The Hall–Kier alpha value is -1.21. The molecule has 4 nitrogen and oxygen atoms in total. The quantitative estimate of drug-likeness (QED) is 0.885. The van der Waals surface area contributed by atoms with E-state index in [1.807, 2.05) is 0 Å². The Labute approximate surface area is 94.8 Å². The molecule has 0 fully saturated rings. The molecule has 0 heterocycles. The molecular formula is C8H6ClF2NO3S. The lowest BCUT2D eigenvalue weighted by molar-refractivity contribution is 0.0696. The first-order chi connectivity index (χ1) is 7.25. The van der Waals surface area contributed by atoms with E-state index < -0.39 is 26.4 Å². The molecule has 0 bridgehead atoms. The van der Waals surface area contributed by atoms with Crippen LogP contribution in [-0.2, 0) is 9.73 Å². The Morgan fingerprint density at radius 2 is 2.00 bits per heavy atom. The Morgan fingerprint density at radius 1 is 1.44 bits per heavy atom. The monoisotopic (exact) mass is 269 g/mol. The van der Waals surface area contributed by atoms with Gasteiger partial charge in [-0.25, -0.2) is 13.8 Å². The van der Waals surface area contributed by atoms with Crippen molar-refractivity contribution in [3.05, 3.63) is 28.8 Å². The normalized spacial score (nSPS) is 14.8. The SMILES string of the molecule is N=S(=O)(c1cc(Cl)cc(C(=O)O)c1)C(F)F. The van der Waals surface area contributed by atoms with Crippen molar-refractivity contribution in [2.45, 2.75) is 10.7 Å². The first kappa shape index (κ1) is 12.9. The summed E-state index contributed by atoms with van der Waals surface area (Å²) in [4.78, 5) is 10.0. The van der Waals surface area contributed by atoms with Gasteiger partial charge >= 0.3 is 11.7 Å². The zero-order valence-corrected chi connectivity index (χ0v) is 9.19. The van der Waals surface area contributed by atoms with Crippen molar-refractivity contribution >= 4 is 27.3 Å². The van der Waals surface area contributed by atoms with Gasteiger partial charge in [0.05, 0.1) is 10.5 Å². The van der Waals surface area contributed by atoms with Crippen molar-refractivity contribution in [1.29, 1.82) is 4.78 Å². The Morgan fingerprint density at radius 3 is 2.44 bits per heavy atom. The van der Waals surface area contributed by atoms with Gasteiger partial charge in [0, 0.05) is 5.02 Å². The van der Waals surface area contributed by atoms with Gasteiger partial charge in [-0.15, -0.1) is 0 Å². The average molecular weight is 270 g/mol.